The summed E-state index contributed by atoms with van der Waals surface area (Å²) in [6.45, 7) is 1.06. The summed E-state index contributed by atoms with van der Waals surface area (Å²) in [5.41, 5.74) is 3.71. The second-order valence-corrected chi connectivity index (χ2v) is 7.61. The van der Waals surface area contributed by atoms with Crippen molar-refractivity contribution in [3.8, 4) is 11.5 Å². The van der Waals surface area contributed by atoms with Crippen LogP contribution in [0, 0.1) is 0 Å². The molecular formula is C20H23NO4. The SMILES string of the molecule is COc1cc2c3c4c1OC1C(OC)C(=O)C=CC41CCC3N(C)CC2. The van der Waals surface area contributed by atoms with Crippen LogP contribution >= 0.6 is 0 Å². The van der Waals surface area contributed by atoms with E-state index in [1.807, 2.05) is 0 Å². The number of carbonyl (C=O) groups excluding carboxylic acids is 1. The van der Waals surface area contributed by atoms with Crippen molar-refractivity contribution in [2.75, 3.05) is 27.8 Å². The Hall–Kier alpha value is -1.85. The second-order valence-electron chi connectivity index (χ2n) is 7.61. The lowest BCUT2D eigenvalue weighted by molar-refractivity contribution is -0.132. The first-order valence-electron chi connectivity index (χ1n) is 8.97. The van der Waals surface area contributed by atoms with E-state index in [4.69, 9.17) is 14.2 Å². The van der Waals surface area contributed by atoms with Crippen LogP contribution in [-0.4, -0.2) is 50.7 Å². The van der Waals surface area contributed by atoms with Gasteiger partial charge < -0.3 is 14.2 Å². The van der Waals surface area contributed by atoms with Crippen LogP contribution in [0.2, 0.25) is 0 Å². The number of hydrogen-bond donors (Lipinski definition) is 0. The first-order chi connectivity index (χ1) is 12.1. The molecule has 5 rings (SSSR count). The zero-order chi connectivity index (χ0) is 17.3. The Morgan fingerprint density at radius 2 is 2.20 bits per heavy atom. The highest BCUT2D eigenvalue weighted by molar-refractivity contribution is 5.96. The minimum atomic E-state index is -0.560. The van der Waals surface area contributed by atoms with Gasteiger partial charge in [-0.05, 0) is 49.6 Å². The highest BCUT2D eigenvalue weighted by Gasteiger charge is 2.59. The third-order valence-corrected chi connectivity index (χ3v) is 6.59. The summed E-state index contributed by atoms with van der Waals surface area (Å²) in [6.07, 6.45) is 5.95. The normalized spacial score (nSPS) is 35.2. The van der Waals surface area contributed by atoms with Gasteiger partial charge in [0.15, 0.2) is 23.4 Å². The fourth-order valence-electron chi connectivity index (χ4n) is 5.39. The quantitative estimate of drug-likeness (QED) is 0.825. The molecule has 0 amide bonds. The molecule has 4 atom stereocenters. The molecule has 0 N–H and O–H groups in total. The van der Waals surface area contributed by atoms with Crippen LogP contribution in [0.1, 0.15) is 35.6 Å². The van der Waals surface area contributed by atoms with E-state index in [0.29, 0.717) is 6.04 Å². The van der Waals surface area contributed by atoms with Crippen LogP contribution in [0.3, 0.4) is 0 Å². The Kier molecular flexibility index (Phi) is 3.13. The van der Waals surface area contributed by atoms with E-state index in [1.165, 1.54) is 16.7 Å². The summed E-state index contributed by atoms with van der Waals surface area (Å²) in [6, 6.07) is 2.56. The Bertz CT molecular complexity index is 801. The molecular weight excluding hydrogens is 318 g/mol. The molecule has 25 heavy (non-hydrogen) atoms. The maximum absolute atomic E-state index is 12.4. The number of benzene rings is 1. The van der Waals surface area contributed by atoms with Gasteiger partial charge in [-0.3, -0.25) is 9.69 Å². The van der Waals surface area contributed by atoms with Crippen LogP contribution < -0.4 is 9.47 Å². The predicted molar refractivity (Wildman–Crippen MR) is 92.3 cm³/mol. The Labute approximate surface area is 147 Å². The molecule has 4 aliphatic rings. The average molecular weight is 341 g/mol. The van der Waals surface area contributed by atoms with Crippen LogP contribution in [0.4, 0.5) is 0 Å². The van der Waals surface area contributed by atoms with E-state index in [1.54, 1.807) is 20.3 Å². The van der Waals surface area contributed by atoms with E-state index in [-0.39, 0.29) is 17.3 Å². The molecule has 0 fully saturated rings. The fourth-order valence-corrected chi connectivity index (χ4v) is 5.39. The summed E-state index contributed by atoms with van der Waals surface area (Å²) in [7, 11) is 5.48. The van der Waals surface area contributed by atoms with E-state index in [9.17, 15) is 4.79 Å². The molecule has 0 saturated heterocycles. The molecule has 1 aromatic rings. The number of rotatable bonds is 2. The standard InChI is InChI=1S/C20H23NO4/c1-21-9-6-11-10-14(23-2)18-16-15(11)12(21)4-7-20(16)8-5-13(22)17(24-3)19(20)25-18/h5,8,10,12,17,19H,4,6-7,9H2,1-3H3. The van der Waals surface area contributed by atoms with Crippen molar-refractivity contribution in [1.29, 1.82) is 0 Å². The number of carbonyl (C=O) groups is 1. The lowest BCUT2D eigenvalue weighted by atomic mass is 9.61. The van der Waals surface area contributed by atoms with Crippen molar-refractivity contribution >= 4 is 5.78 Å². The lowest BCUT2D eigenvalue weighted by Crippen LogP contribution is -2.53. The Morgan fingerprint density at radius 1 is 1.36 bits per heavy atom. The van der Waals surface area contributed by atoms with Crippen molar-refractivity contribution in [3.05, 3.63) is 34.9 Å². The largest absolute Gasteiger partial charge is 0.493 e. The minimum absolute atomic E-state index is 0.0157. The molecule has 2 heterocycles. The van der Waals surface area contributed by atoms with Gasteiger partial charge in [0.05, 0.1) is 12.5 Å². The highest BCUT2D eigenvalue weighted by Crippen LogP contribution is 2.61. The van der Waals surface area contributed by atoms with Crippen molar-refractivity contribution in [2.45, 2.75) is 42.9 Å². The number of ketones is 1. The molecule has 2 aliphatic heterocycles. The molecule has 5 heteroatoms. The zero-order valence-electron chi connectivity index (χ0n) is 14.9. The molecule has 1 aromatic carbocycles. The van der Waals surface area contributed by atoms with Crippen molar-refractivity contribution in [1.82, 2.24) is 4.90 Å². The predicted octanol–water partition coefficient (Wildman–Crippen LogP) is 2.17. The average Bonchev–Trinajstić information content (AvgIpc) is 2.98. The summed E-state index contributed by atoms with van der Waals surface area (Å²) in [5, 5.41) is 0. The topological polar surface area (TPSA) is 48.0 Å². The first kappa shape index (κ1) is 15.4. The van der Waals surface area contributed by atoms with Gasteiger partial charge in [-0.1, -0.05) is 6.08 Å². The summed E-state index contributed by atoms with van der Waals surface area (Å²) in [5.74, 6) is 1.58. The summed E-state index contributed by atoms with van der Waals surface area (Å²) in [4.78, 5) is 14.8. The van der Waals surface area contributed by atoms with Crippen LogP contribution in [0.5, 0.6) is 11.5 Å². The lowest BCUT2D eigenvalue weighted by Gasteiger charge is -2.46. The van der Waals surface area contributed by atoms with Gasteiger partial charge in [-0.25, -0.2) is 0 Å². The van der Waals surface area contributed by atoms with E-state index in [2.05, 4.69) is 24.1 Å². The van der Waals surface area contributed by atoms with Gasteiger partial charge in [-0.15, -0.1) is 0 Å². The first-order valence-corrected chi connectivity index (χ1v) is 8.97. The molecule has 132 valence electrons. The van der Waals surface area contributed by atoms with Gasteiger partial charge in [0.1, 0.15) is 6.10 Å². The molecule has 0 radical (unpaired) electrons. The fraction of sp³-hybridized carbons (Fsp3) is 0.550. The zero-order valence-corrected chi connectivity index (χ0v) is 14.9. The van der Waals surface area contributed by atoms with E-state index in [0.717, 1.165) is 37.3 Å². The smallest absolute Gasteiger partial charge is 0.187 e. The van der Waals surface area contributed by atoms with Gasteiger partial charge >= 0.3 is 0 Å². The molecule has 5 nitrogen and oxygen atoms in total. The van der Waals surface area contributed by atoms with Crippen molar-refractivity contribution < 1.29 is 19.0 Å². The number of nitrogens with zero attached hydrogens (tertiary/aromatic N) is 1. The molecule has 0 saturated carbocycles. The van der Waals surface area contributed by atoms with Crippen molar-refractivity contribution in [3.63, 3.8) is 0 Å². The van der Waals surface area contributed by atoms with Gasteiger partial charge in [0, 0.05) is 25.3 Å². The second kappa shape index (κ2) is 5.08. The molecule has 1 spiro atoms. The third-order valence-electron chi connectivity index (χ3n) is 6.59. The number of likely N-dealkylation sites (N-methyl/N-ethyl adjacent to an activating group) is 1. The van der Waals surface area contributed by atoms with Gasteiger partial charge in [0.25, 0.3) is 0 Å². The van der Waals surface area contributed by atoms with Gasteiger partial charge in [-0.2, -0.15) is 0 Å². The summed E-state index contributed by atoms with van der Waals surface area (Å²) >= 11 is 0. The van der Waals surface area contributed by atoms with E-state index >= 15 is 0 Å². The maximum atomic E-state index is 12.4. The molecule has 0 aromatic heterocycles. The van der Waals surface area contributed by atoms with Crippen LogP contribution in [0.15, 0.2) is 18.2 Å². The van der Waals surface area contributed by atoms with Gasteiger partial charge in [0.2, 0.25) is 0 Å². The van der Waals surface area contributed by atoms with Crippen molar-refractivity contribution in [2.24, 2.45) is 0 Å². The third kappa shape index (κ3) is 1.78. The molecule has 2 aliphatic carbocycles. The highest BCUT2D eigenvalue weighted by atomic mass is 16.6. The number of methoxy groups -OCH3 is 2. The molecule has 0 bridgehead atoms. The monoisotopic (exact) mass is 341 g/mol. The Balaban J connectivity index is 1.80. The van der Waals surface area contributed by atoms with Crippen LogP contribution in [-0.2, 0) is 21.4 Å². The summed E-state index contributed by atoms with van der Waals surface area (Å²) < 4.78 is 17.6. The number of ether oxygens (including phenoxy) is 3. The minimum Gasteiger partial charge on any atom is -0.493 e. The maximum Gasteiger partial charge on any atom is 0.187 e. The van der Waals surface area contributed by atoms with Crippen LogP contribution in [0.25, 0.3) is 0 Å². The van der Waals surface area contributed by atoms with E-state index < -0.39 is 6.10 Å². The molecule has 4 unspecified atom stereocenters. The number of hydrogen-bond acceptors (Lipinski definition) is 5. The Morgan fingerprint density at radius 3 is 2.96 bits per heavy atom.